The Morgan fingerprint density at radius 3 is 2.74 bits per heavy atom. The Balaban J connectivity index is 1.25. The number of benzene rings is 2. The number of nitrogens with one attached hydrogen (secondary N) is 1. The van der Waals surface area contributed by atoms with E-state index in [1.54, 1.807) is 0 Å². The number of amides is 1. The minimum absolute atomic E-state index is 0.111. The van der Waals surface area contributed by atoms with Crippen LogP contribution < -0.4 is 5.32 Å². The van der Waals surface area contributed by atoms with Crippen molar-refractivity contribution in [1.29, 1.82) is 0 Å². The molecule has 1 N–H and O–H groups in total. The second kappa shape index (κ2) is 7.66. The first kappa shape index (κ1) is 17.3. The maximum absolute atomic E-state index is 12.2. The van der Waals surface area contributed by atoms with E-state index in [1.807, 2.05) is 30.6 Å². The molecule has 0 aliphatic carbocycles. The van der Waals surface area contributed by atoms with Gasteiger partial charge in [-0.15, -0.1) is 0 Å². The molecule has 0 aliphatic heterocycles. The molecule has 0 atom stereocenters. The molecule has 138 valence electrons. The van der Waals surface area contributed by atoms with E-state index in [0.717, 1.165) is 30.4 Å². The zero-order chi connectivity index (χ0) is 18.6. The van der Waals surface area contributed by atoms with E-state index in [0.29, 0.717) is 13.0 Å². The van der Waals surface area contributed by atoms with E-state index >= 15 is 0 Å². The summed E-state index contributed by atoms with van der Waals surface area (Å²) in [5.41, 5.74) is 4.64. The van der Waals surface area contributed by atoms with E-state index in [1.165, 1.54) is 16.5 Å². The van der Waals surface area contributed by atoms with Gasteiger partial charge in [-0.1, -0.05) is 30.3 Å². The van der Waals surface area contributed by atoms with E-state index in [9.17, 15) is 4.79 Å². The zero-order valence-electron chi connectivity index (χ0n) is 15.6. The molecule has 0 unspecified atom stereocenters. The third kappa shape index (κ3) is 3.72. The Kier molecular flexibility index (Phi) is 4.92. The second-order valence-electron chi connectivity index (χ2n) is 6.91. The van der Waals surface area contributed by atoms with Gasteiger partial charge in [-0.2, -0.15) is 0 Å². The van der Waals surface area contributed by atoms with Gasteiger partial charge in [-0.05, 0) is 36.6 Å². The molecule has 5 heteroatoms. The third-order valence-corrected chi connectivity index (χ3v) is 5.03. The first-order valence-electron chi connectivity index (χ1n) is 9.42. The summed E-state index contributed by atoms with van der Waals surface area (Å²) < 4.78 is 4.23. The lowest BCUT2D eigenvalue weighted by molar-refractivity contribution is -0.121. The number of hydrogen-bond donors (Lipinski definition) is 1. The number of carbonyl (C=O) groups excluding carboxylic acids is 1. The molecular weight excluding hydrogens is 336 g/mol. The molecule has 0 spiro atoms. The van der Waals surface area contributed by atoms with Gasteiger partial charge in [0.15, 0.2) is 0 Å². The molecule has 2 heterocycles. The Morgan fingerprint density at radius 1 is 1.07 bits per heavy atom. The summed E-state index contributed by atoms with van der Waals surface area (Å²) in [5, 5.41) is 4.31. The van der Waals surface area contributed by atoms with Crippen molar-refractivity contribution in [2.45, 2.75) is 25.8 Å². The summed E-state index contributed by atoms with van der Waals surface area (Å²) in [7, 11) is 2.07. The first-order valence-corrected chi connectivity index (χ1v) is 9.42. The molecule has 2 aromatic heterocycles. The highest BCUT2D eigenvalue weighted by Crippen LogP contribution is 2.21. The maximum atomic E-state index is 12.2. The lowest BCUT2D eigenvalue weighted by Gasteiger charge is -2.07. The van der Waals surface area contributed by atoms with Crippen LogP contribution in [0, 0.1) is 0 Å². The zero-order valence-corrected chi connectivity index (χ0v) is 15.6. The van der Waals surface area contributed by atoms with Crippen molar-refractivity contribution >= 4 is 27.8 Å². The monoisotopic (exact) mass is 360 g/mol. The Labute approximate surface area is 158 Å². The predicted octanol–water partition coefficient (Wildman–Crippen LogP) is 3.67. The molecule has 0 bridgehead atoms. The topological polar surface area (TPSA) is 51.9 Å². The highest BCUT2D eigenvalue weighted by molar-refractivity contribution is 5.84. The van der Waals surface area contributed by atoms with Gasteiger partial charge in [0, 0.05) is 43.7 Å². The molecule has 0 saturated heterocycles. The highest BCUT2D eigenvalue weighted by atomic mass is 16.1. The number of nitrogens with zero attached hydrogens (tertiary/aromatic N) is 3. The van der Waals surface area contributed by atoms with Crippen LogP contribution in [0.1, 0.15) is 18.4 Å². The molecule has 2 aromatic carbocycles. The fourth-order valence-corrected chi connectivity index (χ4v) is 3.66. The average Bonchev–Trinajstić information content (AvgIpc) is 3.24. The number of aromatic nitrogens is 3. The van der Waals surface area contributed by atoms with Crippen LogP contribution in [-0.2, 0) is 24.8 Å². The summed E-state index contributed by atoms with van der Waals surface area (Å²) in [5.74, 6) is 0.111. The molecule has 0 radical (unpaired) electrons. The van der Waals surface area contributed by atoms with Gasteiger partial charge in [-0.3, -0.25) is 4.79 Å². The number of rotatable bonds is 7. The second-order valence-corrected chi connectivity index (χ2v) is 6.91. The predicted molar refractivity (Wildman–Crippen MR) is 109 cm³/mol. The van der Waals surface area contributed by atoms with Crippen molar-refractivity contribution in [2.75, 3.05) is 6.54 Å². The van der Waals surface area contributed by atoms with Gasteiger partial charge in [0.05, 0.1) is 17.4 Å². The van der Waals surface area contributed by atoms with Crippen molar-refractivity contribution in [3.63, 3.8) is 0 Å². The fourth-order valence-electron chi connectivity index (χ4n) is 3.66. The van der Waals surface area contributed by atoms with Crippen molar-refractivity contribution in [3.8, 4) is 0 Å². The molecule has 1 amide bonds. The molecule has 0 aliphatic rings. The van der Waals surface area contributed by atoms with Gasteiger partial charge in [0.1, 0.15) is 0 Å². The number of carbonyl (C=O) groups is 1. The molecule has 4 rings (SSSR count). The first-order chi connectivity index (χ1) is 13.2. The van der Waals surface area contributed by atoms with E-state index in [4.69, 9.17) is 0 Å². The van der Waals surface area contributed by atoms with Crippen LogP contribution in [0.3, 0.4) is 0 Å². The minimum Gasteiger partial charge on any atom is -0.354 e. The average molecular weight is 360 g/mol. The van der Waals surface area contributed by atoms with Crippen LogP contribution in [0.4, 0.5) is 0 Å². The Bertz CT molecular complexity index is 1080. The van der Waals surface area contributed by atoms with Crippen LogP contribution in [-0.4, -0.2) is 26.6 Å². The molecule has 5 nitrogen and oxygen atoms in total. The van der Waals surface area contributed by atoms with Gasteiger partial charge < -0.3 is 14.5 Å². The van der Waals surface area contributed by atoms with Gasteiger partial charge >= 0.3 is 0 Å². The van der Waals surface area contributed by atoms with Crippen molar-refractivity contribution in [2.24, 2.45) is 7.05 Å². The number of fused-ring (bicyclic) bond motifs is 2. The van der Waals surface area contributed by atoms with Crippen LogP contribution in [0.5, 0.6) is 0 Å². The standard InChI is InChI=1S/C22H24N4O/c1-25-15-17(18-8-2-4-10-20(18)25)7-6-12-22(27)23-13-14-26-16-24-19-9-3-5-11-21(19)26/h2-5,8-11,15-16H,6-7,12-14H2,1H3,(H,23,27). The normalized spacial score (nSPS) is 11.3. The van der Waals surface area contributed by atoms with Crippen molar-refractivity contribution in [1.82, 2.24) is 19.4 Å². The summed E-state index contributed by atoms with van der Waals surface area (Å²) >= 11 is 0. The summed E-state index contributed by atoms with van der Waals surface area (Å²) in [4.78, 5) is 16.5. The van der Waals surface area contributed by atoms with E-state index < -0.39 is 0 Å². The number of aryl methyl sites for hydroxylation is 2. The van der Waals surface area contributed by atoms with Crippen LogP contribution in [0.25, 0.3) is 21.9 Å². The molecule has 0 fully saturated rings. The Hall–Kier alpha value is -3.08. The lowest BCUT2D eigenvalue weighted by Crippen LogP contribution is -2.26. The molecule has 27 heavy (non-hydrogen) atoms. The summed E-state index contributed by atoms with van der Waals surface area (Å²) in [6.45, 7) is 1.35. The van der Waals surface area contributed by atoms with E-state index in [2.05, 4.69) is 56.9 Å². The minimum atomic E-state index is 0.111. The summed E-state index contributed by atoms with van der Waals surface area (Å²) in [6, 6.07) is 16.4. The van der Waals surface area contributed by atoms with Crippen LogP contribution in [0.15, 0.2) is 61.1 Å². The summed E-state index contributed by atoms with van der Waals surface area (Å²) in [6.07, 6.45) is 6.33. The van der Waals surface area contributed by atoms with Crippen LogP contribution in [0.2, 0.25) is 0 Å². The smallest absolute Gasteiger partial charge is 0.220 e. The molecular formula is C22H24N4O. The van der Waals surface area contributed by atoms with Gasteiger partial charge in [0.2, 0.25) is 5.91 Å². The SMILES string of the molecule is Cn1cc(CCCC(=O)NCCn2cnc3ccccc32)c2ccccc21. The van der Waals surface area contributed by atoms with Crippen LogP contribution >= 0.6 is 0 Å². The largest absolute Gasteiger partial charge is 0.354 e. The third-order valence-electron chi connectivity index (χ3n) is 5.03. The molecule has 4 aromatic rings. The number of hydrogen-bond acceptors (Lipinski definition) is 2. The lowest BCUT2D eigenvalue weighted by atomic mass is 10.1. The maximum Gasteiger partial charge on any atom is 0.220 e. The fraction of sp³-hybridized carbons (Fsp3) is 0.273. The quantitative estimate of drug-likeness (QED) is 0.547. The van der Waals surface area contributed by atoms with Crippen molar-refractivity contribution < 1.29 is 4.79 Å². The van der Waals surface area contributed by atoms with Gasteiger partial charge in [-0.25, -0.2) is 4.98 Å². The highest BCUT2D eigenvalue weighted by Gasteiger charge is 2.07. The van der Waals surface area contributed by atoms with E-state index in [-0.39, 0.29) is 5.91 Å². The number of imidazole rings is 1. The van der Waals surface area contributed by atoms with Gasteiger partial charge in [0.25, 0.3) is 0 Å². The Morgan fingerprint density at radius 2 is 1.85 bits per heavy atom. The molecule has 0 saturated carbocycles. The number of para-hydroxylation sites is 3. The van der Waals surface area contributed by atoms with Crippen molar-refractivity contribution in [3.05, 3.63) is 66.6 Å².